The molecule has 27 heavy (non-hydrogen) atoms. The van der Waals surface area contributed by atoms with E-state index in [0.717, 1.165) is 31.7 Å². The Bertz CT molecular complexity index is 740. The number of hydrogen-bond acceptors (Lipinski definition) is 4. The fourth-order valence-corrected chi connectivity index (χ4v) is 6.70. The highest BCUT2D eigenvalue weighted by Crippen LogP contribution is 2.43. The lowest BCUT2D eigenvalue weighted by Crippen LogP contribution is -2.50. The summed E-state index contributed by atoms with van der Waals surface area (Å²) < 4.78 is 59.9. The Morgan fingerprint density at radius 2 is 1.85 bits per heavy atom. The zero-order chi connectivity index (χ0) is 19.9. The van der Waals surface area contributed by atoms with Gasteiger partial charge < -0.3 is 4.57 Å². The molecular formula is C18H28F3N3O2S. The molecule has 3 aliphatic rings. The van der Waals surface area contributed by atoms with Crippen molar-refractivity contribution < 1.29 is 21.6 Å². The van der Waals surface area contributed by atoms with Crippen molar-refractivity contribution in [2.75, 3.05) is 24.6 Å². The molecule has 0 radical (unpaired) electrons. The second kappa shape index (κ2) is 7.39. The van der Waals surface area contributed by atoms with Crippen LogP contribution >= 0.6 is 0 Å². The van der Waals surface area contributed by atoms with E-state index in [-0.39, 0.29) is 11.5 Å². The van der Waals surface area contributed by atoms with Crippen molar-refractivity contribution in [3.8, 4) is 0 Å². The van der Waals surface area contributed by atoms with Crippen LogP contribution in [-0.2, 0) is 16.0 Å². The van der Waals surface area contributed by atoms with Crippen LogP contribution in [0.1, 0.15) is 57.7 Å². The maximum absolute atomic E-state index is 12.0. The van der Waals surface area contributed by atoms with Gasteiger partial charge in [0.1, 0.15) is 0 Å². The Balaban J connectivity index is 0.000000161. The minimum absolute atomic E-state index is 0.00796. The predicted molar refractivity (Wildman–Crippen MR) is 97.1 cm³/mol. The number of likely N-dealkylation sites (tertiary alicyclic amines) is 1. The van der Waals surface area contributed by atoms with Crippen LogP contribution in [0.15, 0.2) is 12.5 Å². The molecule has 0 N–H and O–H groups in total. The summed E-state index contributed by atoms with van der Waals surface area (Å²) in [7, 11) is -2.65. The van der Waals surface area contributed by atoms with E-state index in [2.05, 4.69) is 9.88 Å². The SMILES string of the molecule is CC(C)n1cnc(C(F)(F)F)c1.O=S1(=O)CC2(CCN(C3CCCC3)C2)C1. The van der Waals surface area contributed by atoms with Gasteiger partial charge in [0.25, 0.3) is 0 Å². The fourth-order valence-electron chi connectivity index (χ4n) is 4.44. The van der Waals surface area contributed by atoms with Gasteiger partial charge in [0, 0.05) is 30.2 Å². The molecular weight excluding hydrogens is 379 g/mol. The van der Waals surface area contributed by atoms with E-state index in [4.69, 9.17) is 0 Å². The second-order valence-electron chi connectivity index (χ2n) is 8.49. The Hall–Kier alpha value is -1.09. The summed E-state index contributed by atoms with van der Waals surface area (Å²) in [6, 6.07) is 0.779. The fraction of sp³-hybridized carbons (Fsp3) is 0.833. The van der Waals surface area contributed by atoms with Crippen LogP contribution in [0.2, 0.25) is 0 Å². The Kier molecular flexibility index (Phi) is 5.65. The molecule has 5 nitrogen and oxygen atoms in total. The van der Waals surface area contributed by atoms with E-state index in [1.165, 1.54) is 36.6 Å². The minimum atomic E-state index is -4.33. The number of halogens is 3. The average Bonchev–Trinajstić information content (AvgIpc) is 3.26. The summed E-state index contributed by atoms with van der Waals surface area (Å²) in [5.74, 6) is 0.923. The summed E-state index contributed by atoms with van der Waals surface area (Å²) in [6.07, 6.45) is 4.38. The van der Waals surface area contributed by atoms with E-state index in [1.54, 1.807) is 13.8 Å². The first kappa shape index (κ1) is 20.6. The first-order valence-corrected chi connectivity index (χ1v) is 11.4. The predicted octanol–water partition coefficient (Wildman–Crippen LogP) is 3.53. The number of alkyl halides is 3. The third kappa shape index (κ3) is 4.85. The van der Waals surface area contributed by atoms with Gasteiger partial charge in [-0.05, 0) is 39.7 Å². The standard InChI is InChI=1S/C11H19NO2S.C7H9F3N2/c13-15(14)8-11(9-15)5-6-12(7-11)10-3-1-2-4-10;1-5(2)12-3-6(11-4-12)7(8,9)10/h10H,1-9H2;3-5H,1-2H3. The summed E-state index contributed by atoms with van der Waals surface area (Å²) in [5, 5.41) is 0. The zero-order valence-electron chi connectivity index (χ0n) is 15.9. The van der Waals surface area contributed by atoms with Crippen LogP contribution in [-0.4, -0.2) is 53.5 Å². The molecule has 154 valence electrons. The molecule has 1 aromatic rings. The number of aromatic nitrogens is 2. The molecule has 9 heteroatoms. The topological polar surface area (TPSA) is 55.2 Å². The zero-order valence-corrected chi connectivity index (χ0v) is 16.7. The quantitative estimate of drug-likeness (QED) is 0.753. The van der Waals surface area contributed by atoms with Crippen LogP contribution in [0, 0.1) is 5.41 Å². The van der Waals surface area contributed by atoms with E-state index in [0.29, 0.717) is 11.5 Å². The molecule has 1 aromatic heterocycles. The largest absolute Gasteiger partial charge is 0.434 e. The molecule has 3 fully saturated rings. The molecule has 3 heterocycles. The van der Waals surface area contributed by atoms with Crippen molar-refractivity contribution in [2.45, 2.75) is 64.2 Å². The van der Waals surface area contributed by atoms with Crippen LogP contribution in [0.5, 0.6) is 0 Å². The number of nitrogens with zero attached hydrogens (tertiary/aromatic N) is 3. The molecule has 0 amide bonds. The first-order valence-electron chi connectivity index (χ1n) is 9.55. The molecule has 0 bridgehead atoms. The minimum Gasteiger partial charge on any atom is -0.334 e. The average molecular weight is 408 g/mol. The van der Waals surface area contributed by atoms with Crippen LogP contribution < -0.4 is 0 Å². The van der Waals surface area contributed by atoms with Crippen molar-refractivity contribution in [3.63, 3.8) is 0 Å². The molecule has 0 unspecified atom stereocenters. The van der Waals surface area contributed by atoms with E-state index >= 15 is 0 Å². The lowest BCUT2D eigenvalue weighted by Gasteiger charge is -2.38. The molecule has 0 aromatic carbocycles. The van der Waals surface area contributed by atoms with E-state index in [9.17, 15) is 21.6 Å². The van der Waals surface area contributed by atoms with Gasteiger partial charge in [-0.3, -0.25) is 4.90 Å². The summed E-state index contributed by atoms with van der Waals surface area (Å²) >= 11 is 0. The Morgan fingerprint density at radius 3 is 2.30 bits per heavy atom. The van der Waals surface area contributed by atoms with E-state index < -0.39 is 21.7 Å². The summed E-state index contributed by atoms with van der Waals surface area (Å²) in [4.78, 5) is 5.80. The Labute approximate surface area is 158 Å². The van der Waals surface area contributed by atoms with Gasteiger partial charge in [0.15, 0.2) is 15.5 Å². The van der Waals surface area contributed by atoms with Gasteiger partial charge in [-0.25, -0.2) is 13.4 Å². The summed E-state index contributed by atoms with van der Waals surface area (Å²) in [5.41, 5.74) is -0.669. The first-order chi connectivity index (χ1) is 12.5. The van der Waals surface area contributed by atoms with Gasteiger partial charge in [-0.15, -0.1) is 0 Å². The van der Waals surface area contributed by atoms with Gasteiger partial charge in [-0.2, -0.15) is 13.2 Å². The smallest absolute Gasteiger partial charge is 0.334 e. The third-order valence-electron chi connectivity index (χ3n) is 5.85. The van der Waals surface area contributed by atoms with Gasteiger partial charge in [-0.1, -0.05) is 12.8 Å². The lowest BCUT2D eigenvalue weighted by atomic mass is 9.91. The third-order valence-corrected chi connectivity index (χ3v) is 7.95. The number of imidazole rings is 1. The molecule has 0 atom stereocenters. The van der Waals surface area contributed by atoms with Gasteiger partial charge in [0.2, 0.25) is 0 Å². The normalized spacial score (nSPS) is 24.8. The van der Waals surface area contributed by atoms with Crippen molar-refractivity contribution in [3.05, 3.63) is 18.2 Å². The number of rotatable bonds is 2. The molecule has 1 aliphatic carbocycles. The van der Waals surface area contributed by atoms with Crippen molar-refractivity contribution in [1.82, 2.24) is 14.5 Å². The number of sulfone groups is 1. The van der Waals surface area contributed by atoms with Crippen LogP contribution in [0.25, 0.3) is 0 Å². The van der Waals surface area contributed by atoms with Crippen LogP contribution in [0.3, 0.4) is 0 Å². The highest BCUT2D eigenvalue weighted by Gasteiger charge is 2.52. The van der Waals surface area contributed by atoms with Crippen molar-refractivity contribution >= 4 is 9.84 Å². The number of hydrogen-bond donors (Lipinski definition) is 0. The maximum atomic E-state index is 12.0. The second-order valence-corrected chi connectivity index (χ2v) is 10.6. The molecule has 1 spiro atoms. The summed E-state index contributed by atoms with van der Waals surface area (Å²) in [6.45, 7) is 5.78. The van der Waals surface area contributed by atoms with Gasteiger partial charge >= 0.3 is 6.18 Å². The molecule has 4 rings (SSSR count). The van der Waals surface area contributed by atoms with Crippen molar-refractivity contribution in [2.24, 2.45) is 5.41 Å². The molecule has 2 saturated heterocycles. The Morgan fingerprint density at radius 1 is 1.22 bits per heavy atom. The molecule has 1 saturated carbocycles. The highest BCUT2D eigenvalue weighted by atomic mass is 32.2. The highest BCUT2D eigenvalue weighted by molar-refractivity contribution is 7.92. The monoisotopic (exact) mass is 407 g/mol. The molecule has 2 aliphatic heterocycles. The maximum Gasteiger partial charge on any atom is 0.434 e. The van der Waals surface area contributed by atoms with Crippen LogP contribution in [0.4, 0.5) is 13.2 Å². The van der Waals surface area contributed by atoms with Gasteiger partial charge in [0.05, 0.1) is 17.8 Å². The van der Waals surface area contributed by atoms with Crippen molar-refractivity contribution in [1.29, 1.82) is 0 Å². The van der Waals surface area contributed by atoms with E-state index in [1.807, 2.05) is 0 Å². The lowest BCUT2D eigenvalue weighted by molar-refractivity contribution is -0.141.